The van der Waals surface area contributed by atoms with Crippen LogP contribution in [-0.2, 0) is 9.59 Å². The van der Waals surface area contributed by atoms with Gasteiger partial charge >= 0.3 is 5.97 Å². The van der Waals surface area contributed by atoms with Gasteiger partial charge in [-0.25, -0.2) is 4.39 Å². The van der Waals surface area contributed by atoms with Crippen molar-refractivity contribution < 1.29 is 23.9 Å². The van der Waals surface area contributed by atoms with E-state index >= 15 is 0 Å². The van der Waals surface area contributed by atoms with Crippen molar-refractivity contribution in [2.24, 2.45) is 0 Å². The van der Waals surface area contributed by atoms with Crippen molar-refractivity contribution in [1.29, 1.82) is 0 Å². The highest BCUT2D eigenvalue weighted by atomic mass is 19.1. The molecule has 2 heterocycles. The maximum atomic E-state index is 14.4. The maximum absolute atomic E-state index is 14.4. The highest BCUT2D eigenvalue weighted by molar-refractivity contribution is 5.99. The smallest absolute Gasteiger partial charge is 0.303 e. The largest absolute Gasteiger partial charge is 0.481 e. The van der Waals surface area contributed by atoms with Gasteiger partial charge in [0, 0.05) is 37.7 Å². The number of amides is 2. The first-order valence-electron chi connectivity index (χ1n) is 9.10. The molecular formula is C19H23FN2O4. The SMILES string of the molecule is O=C(O)CC[C@@H]1CCCCN1C(=O)c1cc(N2CCCC2=O)ccc1F. The summed E-state index contributed by atoms with van der Waals surface area (Å²) in [6, 6.07) is 4.01. The molecule has 6 nitrogen and oxygen atoms in total. The minimum absolute atomic E-state index is 0.0146. The Bertz CT molecular complexity index is 721. The lowest BCUT2D eigenvalue weighted by Gasteiger charge is -2.36. The van der Waals surface area contributed by atoms with E-state index in [0.717, 1.165) is 25.7 Å². The van der Waals surface area contributed by atoms with Crippen LogP contribution in [0.25, 0.3) is 0 Å². The molecule has 7 heteroatoms. The molecule has 0 unspecified atom stereocenters. The van der Waals surface area contributed by atoms with E-state index in [-0.39, 0.29) is 23.9 Å². The number of hydrogen-bond donors (Lipinski definition) is 1. The van der Waals surface area contributed by atoms with Crippen molar-refractivity contribution in [3.05, 3.63) is 29.6 Å². The number of carboxylic acid groups (broad SMARTS) is 1. The minimum Gasteiger partial charge on any atom is -0.481 e. The fourth-order valence-corrected chi connectivity index (χ4v) is 3.78. The van der Waals surface area contributed by atoms with Gasteiger partial charge < -0.3 is 14.9 Å². The fraction of sp³-hybridized carbons (Fsp3) is 0.526. The second-order valence-electron chi connectivity index (χ2n) is 6.89. The molecule has 0 saturated carbocycles. The number of rotatable bonds is 5. The zero-order valence-electron chi connectivity index (χ0n) is 14.6. The molecule has 26 heavy (non-hydrogen) atoms. The summed E-state index contributed by atoms with van der Waals surface area (Å²) in [7, 11) is 0. The van der Waals surface area contributed by atoms with E-state index in [1.807, 2.05) is 0 Å². The molecule has 1 N–H and O–H groups in total. The van der Waals surface area contributed by atoms with Gasteiger partial charge in [-0.2, -0.15) is 0 Å². The topological polar surface area (TPSA) is 77.9 Å². The first kappa shape index (κ1) is 18.4. The standard InChI is InChI=1S/C19H23FN2O4/c20-16-8-6-14(21-11-3-5-17(21)23)12-15(16)19(26)22-10-2-1-4-13(22)7-9-18(24)25/h6,8,12-13H,1-5,7,9-11H2,(H,24,25)/t13-/m0/s1. The van der Waals surface area contributed by atoms with E-state index in [1.54, 1.807) is 9.80 Å². The minimum atomic E-state index is -0.899. The number of benzene rings is 1. The van der Waals surface area contributed by atoms with Crippen molar-refractivity contribution >= 4 is 23.5 Å². The Kier molecular flexibility index (Phi) is 5.54. The van der Waals surface area contributed by atoms with Crippen LogP contribution in [0.3, 0.4) is 0 Å². The molecule has 2 aliphatic rings. The lowest BCUT2D eigenvalue weighted by molar-refractivity contribution is -0.137. The Morgan fingerprint density at radius 1 is 1.19 bits per heavy atom. The molecule has 2 amide bonds. The van der Waals surface area contributed by atoms with Gasteiger partial charge in [-0.05, 0) is 50.3 Å². The molecule has 3 rings (SSSR count). The van der Waals surface area contributed by atoms with Gasteiger partial charge in [-0.1, -0.05) is 0 Å². The van der Waals surface area contributed by atoms with Crippen LogP contribution in [0.4, 0.5) is 10.1 Å². The average Bonchev–Trinajstić information content (AvgIpc) is 3.06. The van der Waals surface area contributed by atoms with Crippen molar-refractivity contribution in [3.8, 4) is 0 Å². The van der Waals surface area contributed by atoms with Crippen LogP contribution in [0.2, 0.25) is 0 Å². The van der Waals surface area contributed by atoms with E-state index in [9.17, 15) is 18.8 Å². The summed E-state index contributed by atoms with van der Waals surface area (Å²) in [5, 5.41) is 8.91. The third-order valence-electron chi connectivity index (χ3n) is 5.14. The molecule has 2 saturated heterocycles. The summed E-state index contributed by atoms with van der Waals surface area (Å²) in [4.78, 5) is 38.9. The molecule has 140 valence electrons. The fourth-order valence-electron chi connectivity index (χ4n) is 3.78. The number of aliphatic carboxylic acids is 1. The van der Waals surface area contributed by atoms with Gasteiger partial charge in [0.2, 0.25) is 5.91 Å². The molecule has 1 aromatic carbocycles. The van der Waals surface area contributed by atoms with Crippen molar-refractivity contribution in [2.75, 3.05) is 18.0 Å². The van der Waals surface area contributed by atoms with Crippen molar-refractivity contribution in [1.82, 2.24) is 4.90 Å². The molecule has 1 aromatic rings. The second-order valence-corrected chi connectivity index (χ2v) is 6.89. The lowest BCUT2D eigenvalue weighted by Crippen LogP contribution is -2.44. The number of carbonyl (C=O) groups is 3. The number of anilines is 1. The van der Waals surface area contributed by atoms with Crippen LogP contribution in [0.1, 0.15) is 55.3 Å². The van der Waals surface area contributed by atoms with Gasteiger partial charge in [0.25, 0.3) is 5.91 Å². The quantitative estimate of drug-likeness (QED) is 0.874. The van der Waals surface area contributed by atoms with Gasteiger partial charge in [-0.3, -0.25) is 14.4 Å². The Labute approximate surface area is 151 Å². The average molecular weight is 362 g/mol. The van der Waals surface area contributed by atoms with E-state index in [0.29, 0.717) is 31.6 Å². The number of likely N-dealkylation sites (tertiary alicyclic amines) is 1. The second kappa shape index (κ2) is 7.85. The highest BCUT2D eigenvalue weighted by Gasteiger charge is 2.30. The Morgan fingerprint density at radius 3 is 2.69 bits per heavy atom. The summed E-state index contributed by atoms with van der Waals surface area (Å²) < 4.78 is 14.4. The van der Waals surface area contributed by atoms with Crippen molar-refractivity contribution in [2.45, 2.75) is 51.0 Å². The molecule has 0 aromatic heterocycles. The van der Waals surface area contributed by atoms with Crippen LogP contribution in [-0.4, -0.2) is 46.9 Å². The zero-order chi connectivity index (χ0) is 18.7. The molecule has 2 aliphatic heterocycles. The monoisotopic (exact) mass is 362 g/mol. The van der Waals surface area contributed by atoms with E-state index in [4.69, 9.17) is 5.11 Å². The van der Waals surface area contributed by atoms with Crippen LogP contribution in [0.15, 0.2) is 18.2 Å². The van der Waals surface area contributed by atoms with Crippen molar-refractivity contribution in [3.63, 3.8) is 0 Å². The molecule has 0 spiro atoms. The number of nitrogens with zero attached hydrogens (tertiary/aromatic N) is 2. The molecule has 2 fully saturated rings. The van der Waals surface area contributed by atoms with Crippen LogP contribution in [0, 0.1) is 5.82 Å². The van der Waals surface area contributed by atoms with E-state index in [2.05, 4.69) is 0 Å². The van der Waals surface area contributed by atoms with Crippen LogP contribution < -0.4 is 4.90 Å². The number of carboxylic acids is 1. The number of halogens is 1. The summed E-state index contributed by atoms with van der Waals surface area (Å²) >= 11 is 0. The number of carbonyl (C=O) groups excluding carboxylic acids is 2. The van der Waals surface area contributed by atoms with Gasteiger partial charge in [0.1, 0.15) is 5.82 Å². The van der Waals surface area contributed by atoms with Crippen LogP contribution in [0.5, 0.6) is 0 Å². The third kappa shape index (κ3) is 3.86. The normalized spacial score (nSPS) is 20.5. The summed E-state index contributed by atoms with van der Waals surface area (Å²) in [5.74, 6) is -1.96. The number of hydrogen-bond acceptors (Lipinski definition) is 3. The Hall–Kier alpha value is -2.44. The van der Waals surface area contributed by atoms with E-state index in [1.165, 1.54) is 18.2 Å². The summed E-state index contributed by atoms with van der Waals surface area (Å²) in [6.45, 7) is 1.07. The molecule has 1 atom stereocenters. The Balaban J connectivity index is 1.83. The summed E-state index contributed by atoms with van der Waals surface area (Å²) in [5.41, 5.74) is 0.487. The Morgan fingerprint density at radius 2 is 2.00 bits per heavy atom. The molecule has 0 aliphatic carbocycles. The first-order valence-corrected chi connectivity index (χ1v) is 9.10. The van der Waals surface area contributed by atoms with Gasteiger partial charge in [-0.15, -0.1) is 0 Å². The first-order chi connectivity index (χ1) is 12.5. The van der Waals surface area contributed by atoms with Gasteiger partial charge in [0.05, 0.1) is 5.56 Å². The highest BCUT2D eigenvalue weighted by Crippen LogP contribution is 2.27. The number of piperidine rings is 1. The summed E-state index contributed by atoms with van der Waals surface area (Å²) in [6.07, 6.45) is 4.05. The predicted molar refractivity (Wildman–Crippen MR) is 93.5 cm³/mol. The molecule has 0 bridgehead atoms. The maximum Gasteiger partial charge on any atom is 0.303 e. The van der Waals surface area contributed by atoms with E-state index < -0.39 is 17.7 Å². The zero-order valence-corrected chi connectivity index (χ0v) is 14.6. The lowest BCUT2D eigenvalue weighted by atomic mass is 9.96. The van der Waals surface area contributed by atoms with Crippen LogP contribution >= 0.6 is 0 Å². The molecular weight excluding hydrogens is 339 g/mol. The predicted octanol–water partition coefficient (Wildman–Crippen LogP) is 2.81. The third-order valence-corrected chi connectivity index (χ3v) is 5.14. The molecule has 0 radical (unpaired) electrons. The van der Waals surface area contributed by atoms with Gasteiger partial charge in [0.15, 0.2) is 0 Å².